The summed E-state index contributed by atoms with van der Waals surface area (Å²) in [5.41, 5.74) is 12.1. The summed E-state index contributed by atoms with van der Waals surface area (Å²) in [4.78, 5) is 20.4. The van der Waals surface area contributed by atoms with Gasteiger partial charge in [0.15, 0.2) is 11.6 Å². The number of halogens is 1. The van der Waals surface area contributed by atoms with Crippen LogP contribution in [0.3, 0.4) is 0 Å². The molecule has 0 bridgehead atoms. The quantitative estimate of drug-likeness (QED) is 0.412. The van der Waals surface area contributed by atoms with Gasteiger partial charge < -0.3 is 26.8 Å². The van der Waals surface area contributed by atoms with E-state index in [-0.39, 0.29) is 29.3 Å². The zero-order valence-electron chi connectivity index (χ0n) is 17.8. The van der Waals surface area contributed by atoms with Crippen LogP contribution in [0.4, 0.5) is 21.7 Å². The van der Waals surface area contributed by atoms with Crippen LogP contribution in [0.2, 0.25) is 0 Å². The molecule has 9 heteroatoms. The van der Waals surface area contributed by atoms with E-state index >= 15 is 0 Å². The number of fused-ring (bicyclic) bond motifs is 1. The molecule has 3 aromatic rings. The Bertz CT molecular complexity index is 1090. The van der Waals surface area contributed by atoms with Gasteiger partial charge in [0.25, 0.3) is 5.91 Å². The minimum atomic E-state index is -0.788. The van der Waals surface area contributed by atoms with E-state index in [2.05, 4.69) is 20.6 Å². The number of amides is 1. The second-order valence-electron chi connectivity index (χ2n) is 7.36. The molecule has 0 aliphatic carbocycles. The Kier molecular flexibility index (Phi) is 6.86. The lowest BCUT2D eigenvalue weighted by molar-refractivity contribution is 0.100. The number of hydrogen-bond donors (Lipinski definition) is 4. The fraction of sp³-hybridized carbons (Fsp3) is 0.318. The van der Waals surface area contributed by atoms with Gasteiger partial charge in [-0.25, -0.2) is 14.4 Å². The molecule has 0 radical (unpaired) electrons. The van der Waals surface area contributed by atoms with Crippen LogP contribution in [0.15, 0.2) is 36.5 Å². The minimum absolute atomic E-state index is 0.00917. The molecule has 2 atom stereocenters. The summed E-state index contributed by atoms with van der Waals surface area (Å²) in [5.74, 6) is -0.794. The zero-order chi connectivity index (χ0) is 22.5. The predicted molar refractivity (Wildman–Crippen MR) is 120 cm³/mol. The molecular weight excluding hydrogens is 399 g/mol. The fourth-order valence-electron chi connectivity index (χ4n) is 3.35. The van der Waals surface area contributed by atoms with Crippen LogP contribution in [0.25, 0.3) is 10.8 Å². The summed E-state index contributed by atoms with van der Waals surface area (Å²) >= 11 is 0. The van der Waals surface area contributed by atoms with Crippen LogP contribution in [-0.4, -0.2) is 35.1 Å². The van der Waals surface area contributed by atoms with Crippen LogP contribution in [0.1, 0.15) is 37.0 Å². The van der Waals surface area contributed by atoms with Gasteiger partial charge in [-0.2, -0.15) is 0 Å². The number of nitrogens with one attached hydrogen (secondary N) is 2. The maximum atomic E-state index is 14.7. The standard InChI is InChI=1S/C22H27FN6O2/c1-4-5-18(12(2)24)28-21-17(23)11-16(19(25)30)20(29-21)27-14-6-7-15-13(10-14)8-9-26-22(15)31-3/h6-12,18H,4-5,24H2,1-3H3,(H2,25,30)(H2,27,28,29)/t12-,18+/m0/s1. The molecule has 0 spiro atoms. The largest absolute Gasteiger partial charge is 0.481 e. The third kappa shape index (κ3) is 5.00. The highest BCUT2D eigenvalue weighted by atomic mass is 19.1. The first-order chi connectivity index (χ1) is 14.8. The molecule has 0 unspecified atom stereocenters. The highest BCUT2D eigenvalue weighted by molar-refractivity contribution is 5.99. The Labute approximate surface area is 180 Å². The zero-order valence-corrected chi connectivity index (χ0v) is 17.8. The number of primary amides is 1. The smallest absolute Gasteiger partial charge is 0.252 e. The van der Waals surface area contributed by atoms with Gasteiger partial charge >= 0.3 is 0 Å². The molecule has 1 amide bonds. The highest BCUT2D eigenvalue weighted by Gasteiger charge is 2.20. The number of carbonyl (C=O) groups excluding carboxylic acids is 1. The molecule has 6 N–H and O–H groups in total. The molecule has 164 valence electrons. The summed E-state index contributed by atoms with van der Waals surface area (Å²) in [5, 5.41) is 7.84. The monoisotopic (exact) mass is 426 g/mol. The van der Waals surface area contributed by atoms with E-state index < -0.39 is 11.7 Å². The van der Waals surface area contributed by atoms with Crippen molar-refractivity contribution in [1.82, 2.24) is 9.97 Å². The number of rotatable bonds is 9. The molecule has 8 nitrogen and oxygen atoms in total. The van der Waals surface area contributed by atoms with Crippen molar-refractivity contribution in [1.29, 1.82) is 0 Å². The Hall–Kier alpha value is -3.46. The first-order valence-corrected chi connectivity index (χ1v) is 10.1. The SMILES string of the molecule is CCC[C@@H](Nc1nc(Nc2ccc3c(OC)nccc3c2)c(C(N)=O)cc1F)[C@H](C)N. The van der Waals surface area contributed by atoms with Crippen molar-refractivity contribution in [3.8, 4) is 5.88 Å². The fourth-order valence-corrected chi connectivity index (χ4v) is 3.35. The number of methoxy groups -OCH3 is 1. The van der Waals surface area contributed by atoms with E-state index in [0.29, 0.717) is 11.6 Å². The maximum Gasteiger partial charge on any atom is 0.252 e. The van der Waals surface area contributed by atoms with Crippen molar-refractivity contribution < 1.29 is 13.9 Å². The minimum Gasteiger partial charge on any atom is -0.481 e. The molecule has 31 heavy (non-hydrogen) atoms. The summed E-state index contributed by atoms with van der Waals surface area (Å²) < 4.78 is 19.9. The van der Waals surface area contributed by atoms with Crippen LogP contribution < -0.4 is 26.8 Å². The topological polar surface area (TPSA) is 128 Å². The predicted octanol–water partition coefficient (Wildman–Crippen LogP) is 3.55. The number of nitrogens with two attached hydrogens (primary N) is 2. The number of benzene rings is 1. The van der Waals surface area contributed by atoms with E-state index in [4.69, 9.17) is 16.2 Å². The number of carbonyl (C=O) groups is 1. The lowest BCUT2D eigenvalue weighted by Crippen LogP contribution is -2.38. The van der Waals surface area contributed by atoms with Gasteiger partial charge in [-0.05, 0) is 49.1 Å². The molecular formula is C22H27FN6O2. The number of hydrogen-bond acceptors (Lipinski definition) is 7. The van der Waals surface area contributed by atoms with E-state index in [1.165, 1.54) is 0 Å². The van der Waals surface area contributed by atoms with Gasteiger partial charge in [-0.3, -0.25) is 4.79 Å². The molecule has 0 saturated heterocycles. The van der Waals surface area contributed by atoms with Gasteiger partial charge in [0.1, 0.15) is 5.82 Å². The van der Waals surface area contributed by atoms with Crippen LogP contribution in [-0.2, 0) is 0 Å². The van der Waals surface area contributed by atoms with Crippen LogP contribution in [0, 0.1) is 5.82 Å². The van der Waals surface area contributed by atoms with Crippen LogP contribution in [0.5, 0.6) is 5.88 Å². The first kappa shape index (κ1) is 22.2. The van der Waals surface area contributed by atoms with Crippen molar-refractivity contribution in [3.05, 3.63) is 47.9 Å². The van der Waals surface area contributed by atoms with Crippen molar-refractivity contribution >= 4 is 34.0 Å². The Morgan fingerprint density at radius 3 is 2.68 bits per heavy atom. The number of pyridine rings is 2. The van der Waals surface area contributed by atoms with Gasteiger partial charge in [0.05, 0.1) is 12.7 Å². The molecule has 0 saturated carbocycles. The molecule has 3 rings (SSSR count). The number of ether oxygens (including phenoxy) is 1. The molecule has 0 aliphatic heterocycles. The number of nitrogens with zero attached hydrogens (tertiary/aromatic N) is 2. The molecule has 0 aliphatic rings. The summed E-state index contributed by atoms with van der Waals surface area (Å²) in [7, 11) is 1.55. The van der Waals surface area contributed by atoms with Crippen molar-refractivity contribution in [2.75, 3.05) is 17.7 Å². The average Bonchev–Trinajstić information content (AvgIpc) is 2.74. The summed E-state index contributed by atoms with van der Waals surface area (Å²) in [6, 6.07) is 8.02. The second-order valence-corrected chi connectivity index (χ2v) is 7.36. The van der Waals surface area contributed by atoms with Gasteiger partial charge in [0.2, 0.25) is 5.88 Å². The normalized spacial score (nSPS) is 12.9. The molecule has 2 aromatic heterocycles. The average molecular weight is 426 g/mol. The van der Waals surface area contributed by atoms with Crippen LogP contribution >= 0.6 is 0 Å². The third-order valence-corrected chi connectivity index (χ3v) is 4.98. The van der Waals surface area contributed by atoms with E-state index in [9.17, 15) is 9.18 Å². The molecule has 1 aromatic carbocycles. The highest BCUT2D eigenvalue weighted by Crippen LogP contribution is 2.29. The first-order valence-electron chi connectivity index (χ1n) is 10.1. The van der Waals surface area contributed by atoms with Gasteiger partial charge in [0, 0.05) is 29.4 Å². The Morgan fingerprint density at radius 2 is 2.03 bits per heavy atom. The summed E-state index contributed by atoms with van der Waals surface area (Å²) in [6.45, 7) is 3.87. The lowest BCUT2D eigenvalue weighted by Gasteiger charge is -2.23. The van der Waals surface area contributed by atoms with E-state index in [1.807, 2.05) is 32.0 Å². The van der Waals surface area contributed by atoms with Crippen molar-refractivity contribution in [2.45, 2.75) is 38.8 Å². The maximum absolute atomic E-state index is 14.7. The number of anilines is 3. The van der Waals surface area contributed by atoms with E-state index in [1.54, 1.807) is 19.4 Å². The van der Waals surface area contributed by atoms with E-state index in [0.717, 1.165) is 29.7 Å². The second kappa shape index (κ2) is 9.57. The van der Waals surface area contributed by atoms with Crippen molar-refractivity contribution in [2.24, 2.45) is 11.5 Å². The van der Waals surface area contributed by atoms with Crippen molar-refractivity contribution in [3.63, 3.8) is 0 Å². The summed E-state index contributed by atoms with van der Waals surface area (Å²) in [6.07, 6.45) is 3.26. The lowest BCUT2D eigenvalue weighted by atomic mass is 10.1. The van der Waals surface area contributed by atoms with Gasteiger partial charge in [-0.15, -0.1) is 0 Å². The molecule has 2 heterocycles. The number of aromatic nitrogens is 2. The third-order valence-electron chi connectivity index (χ3n) is 4.98. The van der Waals surface area contributed by atoms with Gasteiger partial charge in [-0.1, -0.05) is 13.3 Å². The Balaban J connectivity index is 1.99. The Morgan fingerprint density at radius 1 is 1.26 bits per heavy atom. The molecule has 0 fully saturated rings.